The third kappa shape index (κ3) is 3.82. The lowest BCUT2D eigenvalue weighted by molar-refractivity contribution is -0.123. The van der Waals surface area contributed by atoms with Crippen LogP contribution in [0.25, 0.3) is 0 Å². The number of anilines is 1. The normalized spacial score (nSPS) is 11.7. The molecule has 0 aliphatic carbocycles. The van der Waals surface area contributed by atoms with Crippen molar-refractivity contribution in [2.45, 2.75) is 13.0 Å². The smallest absolute Gasteiger partial charge is 0.349 e. The zero-order valence-corrected chi connectivity index (χ0v) is 12.2. The van der Waals surface area contributed by atoms with E-state index in [2.05, 4.69) is 5.32 Å². The second-order valence-corrected chi connectivity index (χ2v) is 5.72. The Morgan fingerprint density at radius 3 is 2.50 bits per heavy atom. The van der Waals surface area contributed by atoms with E-state index < -0.39 is 12.1 Å². The van der Waals surface area contributed by atoms with Crippen LogP contribution in [0.5, 0.6) is 0 Å². The van der Waals surface area contributed by atoms with E-state index >= 15 is 0 Å². The van der Waals surface area contributed by atoms with Crippen LogP contribution in [0.4, 0.5) is 5.69 Å². The molecule has 0 saturated carbocycles. The van der Waals surface area contributed by atoms with Crippen LogP contribution < -0.4 is 5.32 Å². The second-order valence-electron chi connectivity index (χ2n) is 4.01. The average molecular weight is 310 g/mol. The molecule has 4 nitrogen and oxygen atoms in total. The molecule has 2 rings (SSSR count). The first-order chi connectivity index (χ1) is 9.56. The number of ether oxygens (including phenoxy) is 1. The predicted octanol–water partition coefficient (Wildman–Crippen LogP) is 3.59. The number of esters is 1. The molecular weight excluding hydrogens is 298 g/mol. The van der Waals surface area contributed by atoms with E-state index in [0.717, 1.165) is 11.3 Å². The third-order valence-electron chi connectivity index (χ3n) is 2.47. The molecule has 104 valence electrons. The van der Waals surface area contributed by atoms with Crippen molar-refractivity contribution in [2.24, 2.45) is 0 Å². The fourth-order valence-corrected chi connectivity index (χ4v) is 2.39. The maximum Gasteiger partial charge on any atom is 0.349 e. The molecule has 2 aromatic rings. The highest BCUT2D eigenvalue weighted by Gasteiger charge is 2.20. The number of nitrogens with one attached hydrogen (secondary N) is 1. The number of thiophene rings is 1. The van der Waals surface area contributed by atoms with E-state index in [-0.39, 0.29) is 5.91 Å². The lowest BCUT2D eigenvalue weighted by Crippen LogP contribution is -2.29. The van der Waals surface area contributed by atoms with E-state index in [1.165, 1.54) is 6.92 Å². The zero-order chi connectivity index (χ0) is 14.5. The second kappa shape index (κ2) is 6.54. The van der Waals surface area contributed by atoms with Crippen LogP contribution >= 0.6 is 22.9 Å². The summed E-state index contributed by atoms with van der Waals surface area (Å²) in [5.74, 6) is -0.940. The number of amides is 1. The number of rotatable bonds is 4. The fourth-order valence-electron chi connectivity index (χ4n) is 1.46. The summed E-state index contributed by atoms with van der Waals surface area (Å²) in [5, 5.41) is 2.66. The molecule has 0 fully saturated rings. The lowest BCUT2D eigenvalue weighted by atomic mass is 10.3. The molecule has 1 aromatic heterocycles. The molecule has 1 N–H and O–H groups in total. The van der Waals surface area contributed by atoms with Gasteiger partial charge in [0, 0.05) is 5.69 Å². The van der Waals surface area contributed by atoms with Crippen molar-refractivity contribution in [2.75, 3.05) is 5.32 Å². The molecule has 0 bridgehead atoms. The number of benzene rings is 1. The van der Waals surface area contributed by atoms with Crippen molar-refractivity contribution in [3.8, 4) is 0 Å². The predicted molar refractivity (Wildman–Crippen MR) is 79.3 cm³/mol. The number of carbonyl (C=O) groups excluding carboxylic acids is 2. The van der Waals surface area contributed by atoms with Gasteiger partial charge < -0.3 is 10.1 Å². The van der Waals surface area contributed by atoms with Gasteiger partial charge in [0.1, 0.15) is 4.88 Å². The highest BCUT2D eigenvalue weighted by molar-refractivity contribution is 7.17. The summed E-state index contributed by atoms with van der Waals surface area (Å²) in [6.45, 7) is 1.52. The number of carbonyl (C=O) groups is 2. The molecule has 0 saturated heterocycles. The minimum Gasteiger partial charge on any atom is -0.448 e. The molecule has 6 heteroatoms. The summed E-state index contributed by atoms with van der Waals surface area (Å²) < 4.78 is 5.58. The SMILES string of the molecule is C[C@H](OC(=O)c1ccc(Cl)s1)C(=O)Nc1ccccc1. The number of hydrogen-bond donors (Lipinski definition) is 1. The van der Waals surface area contributed by atoms with E-state index in [0.29, 0.717) is 14.9 Å². The summed E-state index contributed by atoms with van der Waals surface area (Å²) in [5.41, 5.74) is 0.652. The van der Waals surface area contributed by atoms with Gasteiger partial charge >= 0.3 is 5.97 Å². The molecular formula is C14H12ClNO3S. The molecule has 0 aliphatic heterocycles. The Bertz CT molecular complexity index is 612. The van der Waals surface area contributed by atoms with Gasteiger partial charge in [0.25, 0.3) is 5.91 Å². The lowest BCUT2D eigenvalue weighted by Gasteiger charge is -2.12. The molecule has 0 aliphatic rings. The van der Waals surface area contributed by atoms with Gasteiger partial charge in [0.05, 0.1) is 4.34 Å². The van der Waals surface area contributed by atoms with Crippen LogP contribution in [0, 0.1) is 0 Å². The van der Waals surface area contributed by atoms with Crippen molar-refractivity contribution in [1.29, 1.82) is 0 Å². The van der Waals surface area contributed by atoms with Crippen molar-refractivity contribution < 1.29 is 14.3 Å². The Labute approximate surface area is 125 Å². The number of para-hydroxylation sites is 1. The fraction of sp³-hybridized carbons (Fsp3) is 0.143. The highest BCUT2D eigenvalue weighted by Crippen LogP contribution is 2.22. The molecule has 0 unspecified atom stereocenters. The quantitative estimate of drug-likeness (QED) is 0.878. The number of halogens is 1. The first-order valence-corrected chi connectivity index (χ1v) is 7.08. The van der Waals surface area contributed by atoms with Gasteiger partial charge in [-0.05, 0) is 31.2 Å². The van der Waals surface area contributed by atoms with Crippen LogP contribution in [0.1, 0.15) is 16.6 Å². The van der Waals surface area contributed by atoms with Crippen molar-refractivity contribution in [3.05, 3.63) is 51.7 Å². The molecule has 1 amide bonds. The van der Waals surface area contributed by atoms with Gasteiger partial charge in [0.15, 0.2) is 6.10 Å². The van der Waals surface area contributed by atoms with Gasteiger partial charge in [-0.3, -0.25) is 4.79 Å². The Morgan fingerprint density at radius 2 is 1.90 bits per heavy atom. The van der Waals surface area contributed by atoms with Crippen LogP contribution in [0.3, 0.4) is 0 Å². The summed E-state index contributed by atoms with van der Waals surface area (Å²) in [6, 6.07) is 12.1. The summed E-state index contributed by atoms with van der Waals surface area (Å²) >= 11 is 6.86. The highest BCUT2D eigenvalue weighted by atomic mass is 35.5. The van der Waals surface area contributed by atoms with Crippen LogP contribution in [-0.2, 0) is 9.53 Å². The Morgan fingerprint density at radius 1 is 1.20 bits per heavy atom. The summed E-state index contributed by atoms with van der Waals surface area (Å²) in [7, 11) is 0. The molecule has 0 spiro atoms. The Balaban J connectivity index is 1.93. The van der Waals surface area contributed by atoms with Gasteiger partial charge in [0.2, 0.25) is 0 Å². The van der Waals surface area contributed by atoms with E-state index in [1.54, 1.807) is 36.4 Å². The molecule has 0 radical (unpaired) electrons. The summed E-state index contributed by atoms with van der Waals surface area (Å²) in [6.07, 6.45) is -0.886. The van der Waals surface area contributed by atoms with Gasteiger partial charge in [-0.1, -0.05) is 29.8 Å². The van der Waals surface area contributed by atoms with Crippen LogP contribution in [-0.4, -0.2) is 18.0 Å². The van der Waals surface area contributed by atoms with Gasteiger partial charge in [-0.2, -0.15) is 0 Å². The van der Waals surface area contributed by atoms with Crippen LogP contribution in [0.2, 0.25) is 4.34 Å². The topological polar surface area (TPSA) is 55.4 Å². The van der Waals surface area contributed by atoms with E-state index in [1.807, 2.05) is 6.07 Å². The van der Waals surface area contributed by atoms with Gasteiger partial charge in [-0.15, -0.1) is 11.3 Å². The van der Waals surface area contributed by atoms with Crippen molar-refractivity contribution in [3.63, 3.8) is 0 Å². The van der Waals surface area contributed by atoms with Gasteiger partial charge in [-0.25, -0.2) is 4.79 Å². The Kier molecular flexibility index (Phi) is 4.76. The largest absolute Gasteiger partial charge is 0.448 e. The van der Waals surface area contributed by atoms with Crippen molar-refractivity contribution >= 4 is 40.5 Å². The standard InChI is InChI=1S/C14H12ClNO3S/c1-9(13(17)16-10-5-3-2-4-6-10)19-14(18)11-7-8-12(15)20-11/h2-9H,1H3,(H,16,17)/t9-/m0/s1. The average Bonchev–Trinajstić information content (AvgIpc) is 2.86. The third-order valence-corrected chi connectivity index (χ3v) is 3.68. The summed E-state index contributed by atoms with van der Waals surface area (Å²) in [4.78, 5) is 24.0. The first-order valence-electron chi connectivity index (χ1n) is 5.88. The minimum absolute atomic E-state index is 0.370. The minimum atomic E-state index is -0.886. The van der Waals surface area contributed by atoms with E-state index in [9.17, 15) is 9.59 Å². The van der Waals surface area contributed by atoms with Crippen LogP contribution in [0.15, 0.2) is 42.5 Å². The van der Waals surface area contributed by atoms with Crippen molar-refractivity contribution in [1.82, 2.24) is 0 Å². The molecule has 1 heterocycles. The monoisotopic (exact) mass is 309 g/mol. The Hall–Kier alpha value is -1.85. The molecule has 1 aromatic carbocycles. The zero-order valence-electron chi connectivity index (χ0n) is 10.6. The maximum atomic E-state index is 11.9. The molecule has 20 heavy (non-hydrogen) atoms. The van der Waals surface area contributed by atoms with E-state index in [4.69, 9.17) is 16.3 Å². The first kappa shape index (κ1) is 14.6. The number of hydrogen-bond acceptors (Lipinski definition) is 4. The molecule has 1 atom stereocenters. The maximum absolute atomic E-state index is 11.9.